The zero-order valence-electron chi connectivity index (χ0n) is 15.3. The summed E-state index contributed by atoms with van der Waals surface area (Å²) < 4.78 is 12.0. The third-order valence-electron chi connectivity index (χ3n) is 4.31. The van der Waals surface area contributed by atoms with Gasteiger partial charge in [0.15, 0.2) is 0 Å². The van der Waals surface area contributed by atoms with Gasteiger partial charge >= 0.3 is 8.56 Å². The lowest BCUT2D eigenvalue weighted by molar-refractivity contribution is 0.211. The lowest BCUT2D eigenvalue weighted by atomic mass is 10.2. The fraction of sp³-hybridized carbons (Fsp3) is 0.579. The van der Waals surface area contributed by atoms with E-state index in [1.54, 1.807) is 14.2 Å². The molecule has 0 amide bonds. The highest BCUT2D eigenvalue weighted by Crippen LogP contribution is 2.13. The van der Waals surface area contributed by atoms with Crippen LogP contribution in [0.15, 0.2) is 30.8 Å². The van der Waals surface area contributed by atoms with Crippen LogP contribution >= 0.6 is 0 Å². The van der Waals surface area contributed by atoms with Crippen molar-refractivity contribution in [1.29, 1.82) is 0 Å². The minimum Gasteiger partial charge on any atom is -0.394 e. The molecule has 0 aliphatic carbocycles. The quantitative estimate of drug-likeness (QED) is 0.544. The molecule has 0 spiro atoms. The first kappa shape index (κ1) is 20.1. The summed E-state index contributed by atoms with van der Waals surface area (Å²) in [4.78, 5) is 2.52. The van der Waals surface area contributed by atoms with Gasteiger partial charge in [0, 0.05) is 20.4 Å². The number of rotatable bonds is 12. The second-order valence-corrected chi connectivity index (χ2v) is 9.19. The van der Waals surface area contributed by atoms with E-state index in [0.717, 1.165) is 24.8 Å². The molecule has 0 N–H and O–H groups in total. The van der Waals surface area contributed by atoms with E-state index >= 15 is 0 Å². The fourth-order valence-corrected chi connectivity index (χ4v) is 5.49. The fourth-order valence-electron chi connectivity index (χ4n) is 2.77. The zero-order chi connectivity index (χ0) is 17.1. The van der Waals surface area contributed by atoms with Crippen LogP contribution in [-0.4, -0.2) is 46.9 Å². The number of hydrogen-bond donors (Lipinski definition) is 0. The first-order chi connectivity index (χ1) is 11.2. The molecule has 0 aliphatic rings. The summed E-state index contributed by atoms with van der Waals surface area (Å²) in [7, 11) is 1.12. The van der Waals surface area contributed by atoms with Gasteiger partial charge in [0.25, 0.3) is 0 Å². The minimum atomic E-state index is -2.45. The molecule has 0 aromatic heterocycles. The van der Waals surface area contributed by atoms with Gasteiger partial charge in [-0.3, -0.25) is 0 Å². The van der Waals surface area contributed by atoms with Crippen molar-refractivity contribution in [1.82, 2.24) is 4.90 Å². The predicted molar refractivity (Wildman–Crippen MR) is 102 cm³/mol. The molecule has 0 aliphatic heterocycles. The van der Waals surface area contributed by atoms with Gasteiger partial charge in [-0.2, -0.15) is 0 Å². The Balaban J connectivity index is 3.01. The van der Waals surface area contributed by atoms with Gasteiger partial charge in [0.2, 0.25) is 0 Å². The van der Waals surface area contributed by atoms with Crippen molar-refractivity contribution in [2.45, 2.75) is 39.5 Å². The summed E-state index contributed by atoms with van der Waals surface area (Å²) in [6.45, 7) is 10.6. The Kier molecular flexibility index (Phi) is 9.40. The van der Waals surface area contributed by atoms with E-state index in [-0.39, 0.29) is 0 Å². The number of benzene rings is 1. The van der Waals surface area contributed by atoms with E-state index in [9.17, 15) is 0 Å². The van der Waals surface area contributed by atoms with E-state index < -0.39 is 8.56 Å². The van der Waals surface area contributed by atoms with Crippen LogP contribution in [0.4, 0.5) is 0 Å². The maximum atomic E-state index is 6.00. The van der Waals surface area contributed by atoms with Crippen molar-refractivity contribution >= 4 is 19.8 Å². The maximum Gasteiger partial charge on any atom is 0.386 e. The second kappa shape index (κ2) is 10.8. The highest BCUT2D eigenvalue weighted by atomic mass is 28.4. The largest absolute Gasteiger partial charge is 0.394 e. The van der Waals surface area contributed by atoms with Crippen LogP contribution in [0.3, 0.4) is 0 Å². The van der Waals surface area contributed by atoms with Crippen molar-refractivity contribution in [2.24, 2.45) is 0 Å². The standard InChI is InChI=1S/C19H33NO2Si/c1-6-9-14-20(15-10-7-2)17-23(21-4,22-5)19-13-11-12-18(8-3)16-19/h8,11-13,16H,3,6-7,9-10,14-15,17H2,1-2,4-5H3. The molecule has 0 fully saturated rings. The molecule has 0 bridgehead atoms. The summed E-state index contributed by atoms with van der Waals surface area (Å²) in [6.07, 6.45) is 7.61. The smallest absolute Gasteiger partial charge is 0.386 e. The average Bonchev–Trinajstić information content (AvgIpc) is 2.61. The van der Waals surface area contributed by atoms with E-state index in [2.05, 4.69) is 49.6 Å². The Bertz CT molecular complexity index is 452. The molecule has 0 unspecified atom stereocenters. The second-order valence-electron chi connectivity index (χ2n) is 5.97. The molecule has 1 rings (SSSR count). The molecule has 0 saturated heterocycles. The van der Waals surface area contributed by atoms with Gasteiger partial charge in [-0.05, 0) is 36.7 Å². The molecule has 0 heterocycles. The molecule has 0 saturated carbocycles. The molecule has 1 aromatic rings. The van der Waals surface area contributed by atoms with Gasteiger partial charge in [-0.25, -0.2) is 0 Å². The Labute approximate surface area is 143 Å². The van der Waals surface area contributed by atoms with Crippen molar-refractivity contribution < 1.29 is 8.85 Å². The third-order valence-corrected chi connectivity index (χ3v) is 7.68. The first-order valence-corrected chi connectivity index (χ1v) is 10.7. The lowest BCUT2D eigenvalue weighted by Crippen LogP contribution is -2.60. The average molecular weight is 336 g/mol. The Morgan fingerprint density at radius 1 is 1.09 bits per heavy atom. The molecule has 23 heavy (non-hydrogen) atoms. The summed E-state index contributed by atoms with van der Waals surface area (Å²) in [6, 6.07) is 8.41. The Morgan fingerprint density at radius 2 is 1.70 bits per heavy atom. The molecule has 1 aromatic carbocycles. The molecule has 4 heteroatoms. The van der Waals surface area contributed by atoms with Gasteiger partial charge < -0.3 is 13.8 Å². The van der Waals surface area contributed by atoms with Gasteiger partial charge in [-0.1, -0.05) is 63.6 Å². The monoisotopic (exact) mass is 335 g/mol. The van der Waals surface area contributed by atoms with Crippen LogP contribution in [0, 0.1) is 0 Å². The van der Waals surface area contributed by atoms with Gasteiger partial charge in [0.1, 0.15) is 0 Å². The van der Waals surface area contributed by atoms with Crippen LogP contribution in [0.1, 0.15) is 45.1 Å². The van der Waals surface area contributed by atoms with E-state index in [1.807, 2.05) is 6.08 Å². The number of unbranched alkanes of at least 4 members (excludes halogenated alkanes) is 2. The van der Waals surface area contributed by atoms with Crippen LogP contribution in [0.25, 0.3) is 6.08 Å². The number of hydrogen-bond acceptors (Lipinski definition) is 3. The van der Waals surface area contributed by atoms with E-state index in [4.69, 9.17) is 8.85 Å². The SMILES string of the molecule is C=Cc1cccc([Si](CN(CCCC)CCCC)(OC)OC)c1. The number of nitrogens with zero attached hydrogens (tertiary/aromatic N) is 1. The van der Waals surface area contributed by atoms with Crippen LogP contribution in [0.2, 0.25) is 0 Å². The summed E-state index contributed by atoms with van der Waals surface area (Å²) in [5.41, 5.74) is 1.11. The van der Waals surface area contributed by atoms with Crippen LogP contribution in [-0.2, 0) is 8.85 Å². The Hall–Kier alpha value is -0.943. The van der Waals surface area contributed by atoms with Gasteiger partial charge in [-0.15, -0.1) is 0 Å². The topological polar surface area (TPSA) is 21.7 Å². The first-order valence-electron chi connectivity index (χ1n) is 8.71. The maximum absolute atomic E-state index is 6.00. The molecule has 130 valence electrons. The molecule has 3 nitrogen and oxygen atoms in total. The lowest BCUT2D eigenvalue weighted by Gasteiger charge is -2.34. The Morgan fingerprint density at radius 3 is 2.17 bits per heavy atom. The van der Waals surface area contributed by atoms with Crippen molar-refractivity contribution in [2.75, 3.05) is 33.5 Å². The van der Waals surface area contributed by atoms with Crippen molar-refractivity contribution in [3.63, 3.8) is 0 Å². The van der Waals surface area contributed by atoms with Gasteiger partial charge in [0.05, 0.1) is 0 Å². The highest BCUT2D eigenvalue weighted by Gasteiger charge is 2.40. The third kappa shape index (κ3) is 5.88. The zero-order valence-corrected chi connectivity index (χ0v) is 16.3. The normalized spacial score (nSPS) is 11.9. The van der Waals surface area contributed by atoms with E-state index in [0.29, 0.717) is 0 Å². The molecular weight excluding hydrogens is 302 g/mol. The molecule has 0 radical (unpaired) electrons. The van der Waals surface area contributed by atoms with Crippen LogP contribution < -0.4 is 5.19 Å². The summed E-state index contributed by atoms with van der Waals surface area (Å²) in [5.74, 6) is 0. The van der Waals surface area contributed by atoms with Crippen molar-refractivity contribution in [3.05, 3.63) is 36.4 Å². The van der Waals surface area contributed by atoms with Crippen molar-refractivity contribution in [3.8, 4) is 0 Å². The summed E-state index contributed by atoms with van der Waals surface area (Å²) >= 11 is 0. The van der Waals surface area contributed by atoms with E-state index in [1.165, 1.54) is 30.9 Å². The predicted octanol–water partition coefficient (Wildman–Crippen LogP) is 3.71. The molecule has 0 atom stereocenters. The summed E-state index contributed by atoms with van der Waals surface area (Å²) in [5, 5.41) is 1.18. The molecular formula is C19H33NO2Si. The highest BCUT2D eigenvalue weighted by molar-refractivity contribution is 6.81. The van der Waals surface area contributed by atoms with Crippen LogP contribution in [0.5, 0.6) is 0 Å². The minimum absolute atomic E-state index is 0.876.